The molecule has 2 N–H and O–H groups in total. The zero-order chi connectivity index (χ0) is 12.0. The highest BCUT2D eigenvalue weighted by Crippen LogP contribution is 2.18. The average molecular weight is 248 g/mol. The fourth-order valence-corrected chi connectivity index (χ4v) is 3.30. The number of hydrogen-bond acceptors (Lipinski definition) is 3. The Kier molecular flexibility index (Phi) is 5.72. The van der Waals surface area contributed by atoms with Crippen LogP contribution in [-0.4, -0.2) is 33.8 Å². The lowest BCUT2D eigenvalue weighted by Crippen LogP contribution is -2.29. The van der Waals surface area contributed by atoms with Crippen LogP contribution in [0.2, 0.25) is 0 Å². The van der Waals surface area contributed by atoms with Crippen LogP contribution in [0.15, 0.2) is 0 Å². The van der Waals surface area contributed by atoms with Crippen LogP contribution < -0.4 is 10.0 Å². The molecule has 16 heavy (non-hydrogen) atoms. The summed E-state index contributed by atoms with van der Waals surface area (Å²) in [5, 5.41) is 3.33. The Bertz CT molecular complexity index is 290. The van der Waals surface area contributed by atoms with Gasteiger partial charge in [-0.2, -0.15) is 0 Å². The van der Waals surface area contributed by atoms with Gasteiger partial charge >= 0.3 is 0 Å². The van der Waals surface area contributed by atoms with Crippen LogP contribution in [-0.2, 0) is 10.0 Å². The molecule has 0 aliphatic carbocycles. The van der Waals surface area contributed by atoms with Crippen molar-refractivity contribution in [3.8, 4) is 0 Å². The lowest BCUT2D eigenvalue weighted by molar-refractivity contribution is 0.421. The summed E-state index contributed by atoms with van der Waals surface area (Å²) in [4.78, 5) is 0. The highest BCUT2D eigenvalue weighted by Gasteiger charge is 2.22. The molecule has 2 atom stereocenters. The van der Waals surface area contributed by atoms with Crippen LogP contribution in [0.1, 0.15) is 33.1 Å². The monoisotopic (exact) mass is 248 g/mol. The fraction of sp³-hybridized carbons (Fsp3) is 1.00. The van der Waals surface area contributed by atoms with E-state index in [1.165, 1.54) is 0 Å². The molecule has 0 spiro atoms. The van der Waals surface area contributed by atoms with Gasteiger partial charge in [-0.25, -0.2) is 13.1 Å². The summed E-state index contributed by atoms with van der Waals surface area (Å²) in [6.07, 6.45) is 2.61. The largest absolute Gasteiger partial charge is 0.316 e. The standard InChI is InChI=1S/C11H24N2O2S/c1-3-4-7-16(14,15)13-6-5-11-9-12-8-10(11)2/h10-13H,3-9H2,1-2H3/t10-,11-/m1/s1. The first-order valence-corrected chi connectivity index (χ1v) is 7.88. The zero-order valence-corrected chi connectivity index (χ0v) is 11.1. The topological polar surface area (TPSA) is 58.2 Å². The lowest BCUT2D eigenvalue weighted by Gasteiger charge is -2.14. The molecule has 1 fully saturated rings. The summed E-state index contributed by atoms with van der Waals surface area (Å²) < 4.78 is 25.7. The van der Waals surface area contributed by atoms with Gasteiger partial charge in [-0.1, -0.05) is 20.3 Å². The van der Waals surface area contributed by atoms with Gasteiger partial charge in [0.15, 0.2) is 0 Å². The van der Waals surface area contributed by atoms with Crippen molar-refractivity contribution >= 4 is 10.0 Å². The van der Waals surface area contributed by atoms with E-state index in [0.29, 0.717) is 18.4 Å². The first-order chi connectivity index (χ1) is 7.55. The second-order valence-electron chi connectivity index (χ2n) is 4.75. The van der Waals surface area contributed by atoms with Crippen molar-refractivity contribution in [2.45, 2.75) is 33.1 Å². The van der Waals surface area contributed by atoms with E-state index in [-0.39, 0.29) is 5.75 Å². The minimum Gasteiger partial charge on any atom is -0.316 e. The lowest BCUT2D eigenvalue weighted by atomic mass is 9.95. The van der Waals surface area contributed by atoms with E-state index >= 15 is 0 Å². The summed E-state index contributed by atoms with van der Waals surface area (Å²) in [5.74, 6) is 1.55. The van der Waals surface area contributed by atoms with E-state index in [4.69, 9.17) is 0 Å². The molecule has 5 heteroatoms. The Morgan fingerprint density at radius 1 is 1.38 bits per heavy atom. The van der Waals surface area contributed by atoms with Crippen LogP contribution in [0.5, 0.6) is 0 Å². The molecule has 1 saturated heterocycles. The van der Waals surface area contributed by atoms with Crippen molar-refractivity contribution in [2.75, 3.05) is 25.4 Å². The first kappa shape index (κ1) is 13.9. The van der Waals surface area contributed by atoms with Crippen molar-refractivity contribution < 1.29 is 8.42 Å². The van der Waals surface area contributed by atoms with Crippen molar-refractivity contribution in [2.24, 2.45) is 11.8 Å². The summed E-state index contributed by atoms with van der Waals surface area (Å²) in [6.45, 7) is 6.89. The maximum atomic E-state index is 11.5. The minimum atomic E-state index is -3.02. The van der Waals surface area contributed by atoms with Crippen LogP contribution in [0, 0.1) is 11.8 Å². The van der Waals surface area contributed by atoms with Crippen LogP contribution >= 0.6 is 0 Å². The van der Waals surface area contributed by atoms with E-state index in [1.54, 1.807) is 0 Å². The molecule has 0 aromatic carbocycles. The highest BCUT2D eigenvalue weighted by atomic mass is 32.2. The van der Waals surface area contributed by atoms with E-state index < -0.39 is 10.0 Å². The number of hydrogen-bond donors (Lipinski definition) is 2. The van der Waals surface area contributed by atoms with E-state index in [1.807, 2.05) is 6.92 Å². The van der Waals surface area contributed by atoms with Crippen molar-refractivity contribution in [1.82, 2.24) is 10.0 Å². The second kappa shape index (κ2) is 6.57. The van der Waals surface area contributed by atoms with Gasteiger partial charge in [0.2, 0.25) is 10.0 Å². The number of unbranched alkanes of at least 4 members (excludes halogenated alkanes) is 1. The van der Waals surface area contributed by atoms with Gasteiger partial charge in [0.1, 0.15) is 0 Å². The predicted molar refractivity (Wildman–Crippen MR) is 66.8 cm³/mol. The van der Waals surface area contributed by atoms with Gasteiger partial charge in [0.05, 0.1) is 5.75 Å². The number of nitrogens with one attached hydrogen (secondary N) is 2. The van der Waals surface area contributed by atoms with Gasteiger partial charge in [-0.15, -0.1) is 0 Å². The normalized spacial score (nSPS) is 26.1. The third-order valence-electron chi connectivity index (χ3n) is 3.28. The minimum absolute atomic E-state index is 0.266. The maximum Gasteiger partial charge on any atom is 0.211 e. The Labute approximate surface area is 99.2 Å². The number of sulfonamides is 1. The summed E-state index contributed by atoms with van der Waals surface area (Å²) in [7, 11) is -3.02. The molecule has 1 aliphatic heterocycles. The quantitative estimate of drug-likeness (QED) is 0.705. The van der Waals surface area contributed by atoms with Gasteiger partial charge in [-0.3, -0.25) is 0 Å². The van der Waals surface area contributed by atoms with Crippen LogP contribution in [0.25, 0.3) is 0 Å². The van der Waals surface area contributed by atoms with E-state index in [0.717, 1.165) is 32.4 Å². The van der Waals surface area contributed by atoms with Gasteiger partial charge in [0, 0.05) is 6.54 Å². The Morgan fingerprint density at radius 3 is 2.69 bits per heavy atom. The molecule has 0 amide bonds. The summed E-state index contributed by atoms with van der Waals surface area (Å²) >= 11 is 0. The number of rotatable bonds is 7. The van der Waals surface area contributed by atoms with Crippen molar-refractivity contribution in [3.05, 3.63) is 0 Å². The summed E-state index contributed by atoms with van der Waals surface area (Å²) in [6, 6.07) is 0. The van der Waals surface area contributed by atoms with Crippen molar-refractivity contribution in [3.63, 3.8) is 0 Å². The molecule has 1 aliphatic rings. The Hall–Kier alpha value is -0.130. The average Bonchev–Trinajstić information content (AvgIpc) is 2.62. The third-order valence-corrected chi connectivity index (χ3v) is 4.75. The first-order valence-electron chi connectivity index (χ1n) is 6.23. The molecule has 0 aromatic heterocycles. The van der Waals surface area contributed by atoms with Crippen molar-refractivity contribution in [1.29, 1.82) is 0 Å². The van der Waals surface area contributed by atoms with Gasteiger partial charge < -0.3 is 5.32 Å². The zero-order valence-electron chi connectivity index (χ0n) is 10.3. The molecule has 4 nitrogen and oxygen atoms in total. The molecular weight excluding hydrogens is 224 g/mol. The van der Waals surface area contributed by atoms with Crippen LogP contribution in [0.4, 0.5) is 0 Å². The molecule has 0 radical (unpaired) electrons. The van der Waals surface area contributed by atoms with Gasteiger partial charge in [-0.05, 0) is 37.8 Å². The Balaban J connectivity index is 2.19. The molecule has 0 unspecified atom stereocenters. The third kappa shape index (κ3) is 4.80. The van der Waals surface area contributed by atoms with E-state index in [2.05, 4.69) is 17.0 Å². The summed E-state index contributed by atoms with van der Waals surface area (Å²) in [5.41, 5.74) is 0. The molecule has 1 heterocycles. The van der Waals surface area contributed by atoms with Crippen LogP contribution in [0.3, 0.4) is 0 Å². The molecular formula is C11H24N2O2S. The molecule has 1 rings (SSSR count). The molecule has 96 valence electrons. The van der Waals surface area contributed by atoms with E-state index in [9.17, 15) is 8.42 Å². The molecule has 0 aromatic rings. The molecule has 0 bridgehead atoms. The maximum absolute atomic E-state index is 11.5. The Morgan fingerprint density at radius 2 is 2.12 bits per heavy atom. The predicted octanol–water partition coefficient (Wildman–Crippen LogP) is 0.952. The molecule has 0 saturated carbocycles. The fourth-order valence-electron chi connectivity index (χ4n) is 2.06. The SMILES string of the molecule is CCCCS(=O)(=O)NCC[C@@H]1CNC[C@H]1C. The smallest absolute Gasteiger partial charge is 0.211 e. The highest BCUT2D eigenvalue weighted by molar-refractivity contribution is 7.89. The second-order valence-corrected chi connectivity index (χ2v) is 6.68. The van der Waals surface area contributed by atoms with Gasteiger partial charge in [0.25, 0.3) is 0 Å².